The lowest BCUT2D eigenvalue weighted by atomic mass is 10.0. The van der Waals surface area contributed by atoms with E-state index in [-0.39, 0.29) is 11.3 Å². The fraction of sp³-hybridized carbons (Fsp3) is 0.500. The predicted molar refractivity (Wildman–Crippen MR) is 70.5 cm³/mol. The van der Waals surface area contributed by atoms with Gasteiger partial charge in [0.2, 0.25) is 5.91 Å². The summed E-state index contributed by atoms with van der Waals surface area (Å²) in [5.74, 6) is 0.190. The van der Waals surface area contributed by atoms with E-state index in [1.54, 1.807) is 0 Å². The van der Waals surface area contributed by atoms with Gasteiger partial charge in [-0.2, -0.15) is 0 Å². The predicted octanol–water partition coefficient (Wildman–Crippen LogP) is 2.69. The molecule has 1 amide bonds. The maximum Gasteiger partial charge on any atom is 0.224 e. The second-order valence-corrected chi connectivity index (χ2v) is 5.44. The van der Waals surface area contributed by atoms with Crippen LogP contribution in [0.2, 0.25) is 0 Å². The molecule has 1 saturated heterocycles. The highest BCUT2D eigenvalue weighted by atomic mass is 35.5. The van der Waals surface area contributed by atoms with Crippen LogP contribution in [0.1, 0.15) is 23.1 Å². The molecule has 1 heterocycles. The van der Waals surface area contributed by atoms with Gasteiger partial charge in [-0.15, -0.1) is 11.6 Å². The smallest absolute Gasteiger partial charge is 0.224 e. The first-order valence-electron chi connectivity index (χ1n) is 6.04. The molecule has 1 atom stereocenters. The van der Waals surface area contributed by atoms with Gasteiger partial charge in [-0.1, -0.05) is 23.8 Å². The van der Waals surface area contributed by atoms with Gasteiger partial charge < -0.3 is 4.90 Å². The van der Waals surface area contributed by atoms with Crippen molar-refractivity contribution in [3.8, 4) is 0 Å². The number of amides is 1. The Morgan fingerprint density at radius 1 is 1.41 bits per heavy atom. The number of carbonyl (C=O) groups is 1. The fourth-order valence-electron chi connectivity index (χ4n) is 2.32. The summed E-state index contributed by atoms with van der Waals surface area (Å²) in [6, 6.07) is 6.47. The van der Waals surface area contributed by atoms with Gasteiger partial charge >= 0.3 is 0 Å². The third kappa shape index (κ3) is 3.01. The molecule has 2 rings (SSSR count). The van der Waals surface area contributed by atoms with Crippen LogP contribution in [0.5, 0.6) is 0 Å². The number of rotatable bonds is 3. The summed E-state index contributed by atoms with van der Waals surface area (Å²) in [5.41, 5.74) is 3.91. The van der Waals surface area contributed by atoms with Crippen molar-refractivity contribution in [3.63, 3.8) is 0 Å². The number of hydrogen-bond acceptors (Lipinski definition) is 1. The van der Waals surface area contributed by atoms with E-state index in [0.717, 1.165) is 13.0 Å². The van der Waals surface area contributed by atoms with Crippen molar-refractivity contribution in [2.75, 3.05) is 13.1 Å². The van der Waals surface area contributed by atoms with Gasteiger partial charge in [-0.3, -0.25) is 4.79 Å². The summed E-state index contributed by atoms with van der Waals surface area (Å²) in [5, 5.41) is 0.00150. The van der Waals surface area contributed by atoms with Crippen LogP contribution in [0.15, 0.2) is 18.2 Å². The van der Waals surface area contributed by atoms with Crippen LogP contribution in [0.3, 0.4) is 0 Å². The van der Waals surface area contributed by atoms with Gasteiger partial charge in [0, 0.05) is 19.5 Å². The number of nitrogens with zero attached hydrogens (tertiary/aromatic N) is 1. The Bertz CT molecular complexity index is 430. The van der Waals surface area contributed by atoms with Gasteiger partial charge in [0.15, 0.2) is 0 Å². The monoisotopic (exact) mass is 251 g/mol. The standard InChI is InChI=1S/C14H18ClNO/c1-10-3-4-12(11(2)7-10)5-6-16-9-13(15)8-14(16)17/h3-4,7,13H,5-6,8-9H2,1-2H3. The Balaban J connectivity index is 1.96. The van der Waals surface area contributed by atoms with Crippen LogP contribution in [0.4, 0.5) is 0 Å². The lowest BCUT2D eigenvalue weighted by Crippen LogP contribution is -2.27. The first kappa shape index (κ1) is 12.4. The minimum atomic E-state index is 0.00150. The Morgan fingerprint density at radius 2 is 2.18 bits per heavy atom. The maximum absolute atomic E-state index is 11.6. The summed E-state index contributed by atoms with van der Waals surface area (Å²) < 4.78 is 0. The van der Waals surface area contributed by atoms with Gasteiger partial charge in [0.05, 0.1) is 5.38 Å². The molecule has 0 radical (unpaired) electrons. The molecule has 1 aromatic rings. The summed E-state index contributed by atoms with van der Waals surface area (Å²) in [7, 11) is 0. The highest BCUT2D eigenvalue weighted by molar-refractivity contribution is 6.22. The SMILES string of the molecule is Cc1ccc(CCN2CC(Cl)CC2=O)c(C)c1. The Morgan fingerprint density at radius 3 is 2.76 bits per heavy atom. The summed E-state index contributed by atoms with van der Waals surface area (Å²) in [4.78, 5) is 13.5. The molecule has 0 aliphatic carbocycles. The molecule has 1 fully saturated rings. The molecule has 0 aromatic heterocycles. The molecule has 1 aliphatic rings. The van der Waals surface area contributed by atoms with Crippen molar-refractivity contribution < 1.29 is 4.79 Å². The van der Waals surface area contributed by atoms with Crippen molar-refractivity contribution in [1.29, 1.82) is 0 Å². The molecule has 1 aromatic carbocycles. The fourth-order valence-corrected chi connectivity index (χ4v) is 2.62. The molecule has 0 saturated carbocycles. The molecule has 0 spiro atoms. The van der Waals surface area contributed by atoms with Crippen LogP contribution in [-0.2, 0) is 11.2 Å². The highest BCUT2D eigenvalue weighted by Crippen LogP contribution is 2.18. The third-order valence-electron chi connectivity index (χ3n) is 3.32. The summed E-state index contributed by atoms with van der Waals surface area (Å²) in [6.45, 7) is 5.70. The van der Waals surface area contributed by atoms with E-state index in [2.05, 4.69) is 32.0 Å². The summed E-state index contributed by atoms with van der Waals surface area (Å²) in [6.07, 6.45) is 1.41. The van der Waals surface area contributed by atoms with Crippen LogP contribution in [0.25, 0.3) is 0 Å². The molecule has 2 nitrogen and oxygen atoms in total. The number of hydrogen-bond donors (Lipinski definition) is 0. The molecule has 0 N–H and O–H groups in total. The zero-order chi connectivity index (χ0) is 12.4. The minimum Gasteiger partial charge on any atom is -0.341 e. The van der Waals surface area contributed by atoms with Crippen molar-refractivity contribution in [1.82, 2.24) is 4.90 Å². The zero-order valence-electron chi connectivity index (χ0n) is 10.4. The molecule has 1 aliphatic heterocycles. The molecule has 0 bridgehead atoms. The average molecular weight is 252 g/mol. The molecule has 3 heteroatoms. The van der Waals surface area contributed by atoms with E-state index < -0.39 is 0 Å². The topological polar surface area (TPSA) is 20.3 Å². The van der Waals surface area contributed by atoms with E-state index in [9.17, 15) is 4.79 Å². The molecule has 1 unspecified atom stereocenters. The first-order valence-corrected chi connectivity index (χ1v) is 6.48. The number of alkyl halides is 1. The van der Waals surface area contributed by atoms with E-state index in [0.29, 0.717) is 13.0 Å². The number of likely N-dealkylation sites (tertiary alicyclic amines) is 1. The minimum absolute atomic E-state index is 0.00150. The normalized spacial score (nSPS) is 20.1. The Labute approximate surface area is 108 Å². The maximum atomic E-state index is 11.6. The zero-order valence-corrected chi connectivity index (χ0v) is 11.1. The van der Waals surface area contributed by atoms with Crippen LogP contribution in [0, 0.1) is 13.8 Å². The second-order valence-electron chi connectivity index (χ2n) is 4.82. The second kappa shape index (κ2) is 5.09. The third-order valence-corrected chi connectivity index (χ3v) is 3.61. The number of benzene rings is 1. The average Bonchev–Trinajstić information content (AvgIpc) is 2.56. The van der Waals surface area contributed by atoms with E-state index in [1.807, 2.05) is 4.90 Å². The first-order chi connectivity index (χ1) is 8.06. The molecular formula is C14H18ClNO. The van der Waals surface area contributed by atoms with Gasteiger partial charge in [-0.05, 0) is 31.4 Å². The van der Waals surface area contributed by atoms with Crippen LogP contribution >= 0.6 is 11.6 Å². The van der Waals surface area contributed by atoms with Gasteiger partial charge in [0.25, 0.3) is 0 Å². The van der Waals surface area contributed by atoms with Crippen molar-refractivity contribution in [3.05, 3.63) is 34.9 Å². The van der Waals surface area contributed by atoms with Crippen LogP contribution < -0.4 is 0 Å². The molecule has 92 valence electrons. The van der Waals surface area contributed by atoms with Crippen molar-refractivity contribution >= 4 is 17.5 Å². The highest BCUT2D eigenvalue weighted by Gasteiger charge is 2.27. The lowest BCUT2D eigenvalue weighted by Gasteiger charge is -2.16. The number of aryl methyl sites for hydroxylation is 2. The quantitative estimate of drug-likeness (QED) is 0.757. The Kier molecular flexibility index (Phi) is 3.72. The number of halogens is 1. The lowest BCUT2D eigenvalue weighted by molar-refractivity contribution is -0.127. The largest absolute Gasteiger partial charge is 0.341 e. The van der Waals surface area contributed by atoms with E-state index >= 15 is 0 Å². The van der Waals surface area contributed by atoms with Crippen LogP contribution in [-0.4, -0.2) is 29.3 Å². The van der Waals surface area contributed by atoms with Gasteiger partial charge in [-0.25, -0.2) is 0 Å². The van der Waals surface area contributed by atoms with Crippen molar-refractivity contribution in [2.24, 2.45) is 0 Å². The van der Waals surface area contributed by atoms with Gasteiger partial charge in [0.1, 0.15) is 0 Å². The summed E-state index contributed by atoms with van der Waals surface area (Å²) >= 11 is 5.97. The van der Waals surface area contributed by atoms with Crippen molar-refractivity contribution in [2.45, 2.75) is 32.1 Å². The molecular weight excluding hydrogens is 234 g/mol. The van der Waals surface area contributed by atoms with E-state index in [1.165, 1.54) is 16.7 Å². The Hall–Kier alpha value is -1.02. The molecule has 17 heavy (non-hydrogen) atoms. The number of carbonyl (C=O) groups excluding carboxylic acids is 1. The van der Waals surface area contributed by atoms with E-state index in [4.69, 9.17) is 11.6 Å².